The Morgan fingerprint density at radius 1 is 0.567 bits per heavy atom. The highest BCUT2D eigenvalue weighted by Gasteiger charge is 2.30. The van der Waals surface area contributed by atoms with Gasteiger partial charge in [0.2, 0.25) is 5.91 Å². The normalized spacial score (nSPS) is 11.6. The first kappa shape index (κ1) is 60.7. The van der Waals surface area contributed by atoms with Crippen molar-refractivity contribution in [3.05, 3.63) is 101 Å². The Morgan fingerprint density at radius 3 is 1.30 bits per heavy atom. The second-order valence-electron chi connectivity index (χ2n) is 20.9. The first-order valence-electron chi connectivity index (χ1n) is 21.0. The molecule has 3 aromatic rings. The van der Waals surface area contributed by atoms with Crippen molar-refractivity contribution in [3.63, 3.8) is 0 Å². The van der Waals surface area contributed by atoms with Gasteiger partial charge in [-0.15, -0.1) is 0 Å². The molecule has 0 spiro atoms. The van der Waals surface area contributed by atoms with Gasteiger partial charge < -0.3 is 11.1 Å². The van der Waals surface area contributed by atoms with Gasteiger partial charge in [-0.1, -0.05) is 162 Å². The summed E-state index contributed by atoms with van der Waals surface area (Å²) in [6.45, 7) is 39.3. The molecule has 342 valence electrons. The van der Waals surface area contributed by atoms with Crippen LogP contribution in [-0.2, 0) is 14.6 Å². The zero-order valence-corrected chi connectivity index (χ0v) is 41.5. The lowest BCUT2D eigenvalue weighted by Crippen LogP contribution is -2.27. The van der Waals surface area contributed by atoms with E-state index in [4.69, 9.17) is 5.73 Å². The lowest BCUT2D eigenvalue weighted by Gasteiger charge is -2.19. The molecule has 1 amide bonds. The summed E-state index contributed by atoms with van der Waals surface area (Å²) in [5, 5.41) is 2.78. The van der Waals surface area contributed by atoms with Crippen LogP contribution in [0, 0.1) is 42.4 Å². The largest absolute Gasteiger partial charge is 0.356 e. The van der Waals surface area contributed by atoms with Gasteiger partial charge in [0, 0.05) is 35.4 Å². The van der Waals surface area contributed by atoms with E-state index in [0.29, 0.717) is 15.7 Å². The summed E-state index contributed by atoms with van der Waals surface area (Å²) in [6.07, 6.45) is 4.63. The molecule has 60 heavy (non-hydrogen) atoms. The topological polar surface area (TPSA) is 123 Å². The van der Waals surface area contributed by atoms with E-state index in [9.17, 15) is 22.8 Å². The predicted molar refractivity (Wildman–Crippen MR) is 260 cm³/mol. The van der Waals surface area contributed by atoms with Gasteiger partial charge >= 0.3 is 0 Å². The van der Waals surface area contributed by atoms with E-state index < -0.39 is 14.6 Å². The molecule has 0 atom stereocenters. The van der Waals surface area contributed by atoms with Crippen LogP contribution in [0.3, 0.4) is 0 Å². The van der Waals surface area contributed by atoms with Crippen molar-refractivity contribution >= 4 is 27.3 Å². The maximum atomic E-state index is 12.0. The SMILES string of the molecule is C.CC(=O)NCCCC(C)(C)C.CC(C)(C)CCCN.Cc1ccc(C(=O)C(C)(C)C)cc1.Cc1ccc(S(=O)(=O)C(C)(C)C)cc1.Cc1cccc(C(=O)C(C)(C)C)c1. The van der Waals surface area contributed by atoms with Crippen LogP contribution >= 0.6 is 0 Å². The van der Waals surface area contributed by atoms with E-state index in [-0.39, 0.29) is 35.7 Å². The molecular formula is C52H88N2O5S. The lowest BCUT2D eigenvalue weighted by atomic mass is 9.86. The molecule has 0 radical (unpaired) electrons. The van der Waals surface area contributed by atoms with Crippen molar-refractivity contribution in [2.45, 2.75) is 174 Å². The van der Waals surface area contributed by atoms with Gasteiger partial charge in [0.15, 0.2) is 21.4 Å². The summed E-state index contributed by atoms with van der Waals surface area (Å²) in [7, 11) is -3.19. The Labute approximate surface area is 369 Å². The highest BCUT2D eigenvalue weighted by atomic mass is 32.2. The molecular weight excluding hydrogens is 765 g/mol. The van der Waals surface area contributed by atoms with Gasteiger partial charge in [0.1, 0.15) is 0 Å². The maximum absolute atomic E-state index is 12.0. The maximum Gasteiger partial charge on any atom is 0.216 e. The smallest absolute Gasteiger partial charge is 0.216 e. The first-order chi connectivity index (χ1) is 26.5. The quantitative estimate of drug-likeness (QED) is 0.172. The highest BCUT2D eigenvalue weighted by molar-refractivity contribution is 7.92. The number of Topliss-reactive ketones (excluding diaryl/α,β-unsaturated/α-hetero) is 2. The van der Waals surface area contributed by atoms with E-state index in [1.165, 1.54) is 12.0 Å². The number of nitrogens with one attached hydrogen (secondary N) is 1. The third kappa shape index (κ3) is 28.0. The predicted octanol–water partition coefficient (Wildman–Crippen LogP) is 13.4. The minimum absolute atomic E-state index is 0. The molecule has 0 heterocycles. The van der Waals surface area contributed by atoms with Crippen LogP contribution in [0.2, 0.25) is 0 Å². The Balaban J connectivity index is -0.000000682. The molecule has 3 N–H and O–H groups in total. The van der Waals surface area contributed by atoms with Gasteiger partial charge in [0.05, 0.1) is 9.64 Å². The van der Waals surface area contributed by atoms with Gasteiger partial charge in [-0.3, -0.25) is 14.4 Å². The van der Waals surface area contributed by atoms with Gasteiger partial charge in [0.25, 0.3) is 0 Å². The molecule has 0 saturated carbocycles. The Hall–Kier alpha value is -3.62. The number of sulfone groups is 1. The number of ketones is 2. The van der Waals surface area contributed by atoms with Crippen LogP contribution in [0.15, 0.2) is 77.7 Å². The average molecular weight is 853 g/mol. The molecule has 0 bridgehead atoms. The molecule has 3 aromatic carbocycles. The molecule has 3 rings (SSSR count). The summed E-state index contributed by atoms with van der Waals surface area (Å²) in [5.41, 5.74) is 10.6. The molecule has 0 aliphatic rings. The fourth-order valence-electron chi connectivity index (χ4n) is 4.94. The van der Waals surface area contributed by atoms with Crippen LogP contribution in [0.25, 0.3) is 0 Å². The van der Waals surface area contributed by atoms with Crippen molar-refractivity contribution < 1.29 is 22.8 Å². The molecule has 7 nitrogen and oxygen atoms in total. The first-order valence-corrected chi connectivity index (χ1v) is 22.5. The minimum atomic E-state index is -3.19. The Kier molecular flexibility index (Phi) is 27.0. The molecule has 0 aliphatic carbocycles. The zero-order chi connectivity index (χ0) is 46.6. The minimum Gasteiger partial charge on any atom is -0.356 e. The summed E-state index contributed by atoms with van der Waals surface area (Å²) >= 11 is 0. The summed E-state index contributed by atoms with van der Waals surface area (Å²) in [4.78, 5) is 34.5. The van der Waals surface area contributed by atoms with Crippen molar-refractivity contribution in [1.82, 2.24) is 5.32 Å². The molecule has 0 aromatic heterocycles. The second-order valence-corrected chi connectivity index (χ2v) is 23.6. The zero-order valence-electron chi connectivity index (χ0n) is 40.7. The standard InChI is InChI=1S/2C12H16O.C11H16O2S.C9H19NO.C7H17N.CH4/c1-9-5-7-10(8-6-9)11(13)12(2,3)4;1-9-6-5-7-10(8-9)11(13)12(2,3)4;1-9-5-7-10(8-6-9)14(12,13)11(2,3)4;1-8(11)10-7-5-6-9(2,3)4;1-7(2,3)5-4-6-8;/h2*5-8H,1-4H3;5-8H,1-4H3;5-7H2,1-4H3,(H,10,11);4-6,8H2,1-3H3;1H4. The molecule has 0 unspecified atom stereocenters. The van der Waals surface area contributed by atoms with Crippen molar-refractivity contribution in [1.29, 1.82) is 0 Å². The van der Waals surface area contributed by atoms with E-state index in [0.717, 1.165) is 54.6 Å². The van der Waals surface area contributed by atoms with Crippen LogP contribution in [0.4, 0.5) is 0 Å². The van der Waals surface area contributed by atoms with E-state index >= 15 is 0 Å². The van der Waals surface area contributed by atoms with Gasteiger partial charge in [-0.25, -0.2) is 8.42 Å². The van der Waals surface area contributed by atoms with Crippen molar-refractivity contribution in [2.75, 3.05) is 13.1 Å². The van der Waals surface area contributed by atoms with Gasteiger partial charge in [-0.05, 0) is 103 Å². The number of hydrogen-bond donors (Lipinski definition) is 2. The summed E-state index contributed by atoms with van der Waals surface area (Å²) in [6, 6.07) is 22.4. The van der Waals surface area contributed by atoms with Crippen LogP contribution in [-0.4, -0.2) is 43.7 Å². The molecule has 8 heteroatoms. The van der Waals surface area contributed by atoms with Crippen molar-refractivity contribution in [3.8, 4) is 0 Å². The summed E-state index contributed by atoms with van der Waals surface area (Å²) < 4.78 is 23.2. The number of amides is 1. The van der Waals surface area contributed by atoms with Crippen molar-refractivity contribution in [2.24, 2.45) is 27.4 Å². The fraction of sp³-hybridized carbons (Fsp3) is 0.596. The number of hydrogen-bond acceptors (Lipinski definition) is 6. The van der Waals surface area contributed by atoms with Gasteiger partial charge in [-0.2, -0.15) is 0 Å². The number of nitrogens with two attached hydrogens (primary N) is 1. The van der Waals surface area contributed by atoms with Crippen LogP contribution in [0.1, 0.15) is 181 Å². The lowest BCUT2D eigenvalue weighted by molar-refractivity contribution is -0.119. The Bertz CT molecular complexity index is 1790. The van der Waals surface area contributed by atoms with E-state index in [1.54, 1.807) is 39.8 Å². The van der Waals surface area contributed by atoms with E-state index in [2.05, 4.69) is 46.9 Å². The number of carbonyl (C=O) groups is 3. The van der Waals surface area contributed by atoms with Crippen LogP contribution < -0.4 is 11.1 Å². The fourth-order valence-corrected chi connectivity index (χ4v) is 6.15. The molecule has 0 saturated heterocycles. The summed E-state index contributed by atoms with van der Waals surface area (Å²) in [5.74, 6) is 0.475. The van der Waals surface area contributed by atoms with E-state index in [1.807, 2.05) is 123 Å². The third-order valence-electron chi connectivity index (χ3n) is 8.70. The average Bonchev–Trinajstić information content (AvgIpc) is 3.08. The molecule has 0 fully saturated rings. The monoisotopic (exact) mass is 853 g/mol. The Morgan fingerprint density at radius 2 is 0.967 bits per heavy atom. The third-order valence-corrected chi connectivity index (χ3v) is 11.2. The number of carbonyl (C=O) groups excluding carboxylic acids is 3. The number of benzene rings is 3. The highest BCUT2D eigenvalue weighted by Crippen LogP contribution is 2.25. The second kappa shape index (κ2) is 26.7. The number of rotatable bonds is 8. The number of aryl methyl sites for hydroxylation is 3. The van der Waals surface area contributed by atoms with Crippen LogP contribution in [0.5, 0.6) is 0 Å². The molecule has 0 aliphatic heterocycles.